The first-order valence-electron chi connectivity index (χ1n) is 20.8. The molecule has 1 saturated heterocycles. The van der Waals surface area contributed by atoms with Crippen LogP contribution in [0.3, 0.4) is 0 Å². The molecule has 0 radical (unpaired) electrons. The Kier molecular flexibility index (Phi) is 22.9. The number of nitrogens with one attached hydrogen (secondary N) is 3. The molecule has 0 bridgehead atoms. The summed E-state index contributed by atoms with van der Waals surface area (Å²) in [6, 6.07) is 5.67. The quantitative estimate of drug-likeness (QED) is 0.0130. The van der Waals surface area contributed by atoms with Crippen LogP contribution < -0.4 is 27.5 Å². The second kappa shape index (κ2) is 28.5. The monoisotopic (exact) mass is 915 g/mol. The molecule has 1 aromatic carbocycles. The topological polar surface area (TPSA) is 330 Å². The van der Waals surface area contributed by atoms with E-state index in [4.69, 9.17) is 35.5 Å². The van der Waals surface area contributed by atoms with Gasteiger partial charge in [0.2, 0.25) is 5.91 Å². The number of amides is 2. The zero-order valence-electron chi connectivity index (χ0n) is 35.5. The molecule has 0 spiro atoms. The molecule has 350 valence electrons. The van der Waals surface area contributed by atoms with Crippen molar-refractivity contribution in [3.63, 3.8) is 0 Å². The molecule has 23 heteroatoms. The fourth-order valence-electron chi connectivity index (χ4n) is 6.08. The molecular weight excluding hydrogens is 857 g/mol. The number of carboxylic acids is 2. The van der Waals surface area contributed by atoms with Gasteiger partial charge in [-0.25, -0.2) is 20.4 Å². The summed E-state index contributed by atoms with van der Waals surface area (Å²) in [6.07, 6.45) is 1.65. The van der Waals surface area contributed by atoms with Gasteiger partial charge in [0.15, 0.2) is 29.0 Å². The van der Waals surface area contributed by atoms with E-state index in [-0.39, 0.29) is 43.4 Å². The number of aliphatic carboxylic acids is 2. The van der Waals surface area contributed by atoms with Gasteiger partial charge in [0.25, 0.3) is 5.91 Å². The normalized spacial score (nSPS) is 18.1. The maximum Gasteiger partial charge on any atom is 0.320 e. The van der Waals surface area contributed by atoms with Crippen LogP contribution in [0.25, 0.3) is 11.2 Å². The molecule has 4 rings (SSSR count). The summed E-state index contributed by atoms with van der Waals surface area (Å²) >= 11 is 0. The summed E-state index contributed by atoms with van der Waals surface area (Å²) < 4.78 is 23.7. The van der Waals surface area contributed by atoms with E-state index in [0.29, 0.717) is 112 Å². The lowest BCUT2D eigenvalue weighted by Crippen LogP contribution is -2.38. The van der Waals surface area contributed by atoms with Crippen LogP contribution in [0.4, 0.5) is 5.82 Å². The Morgan fingerprint density at radius 2 is 1.67 bits per heavy atom. The standard InChI is InChI=1S/C41H58N10O12S/c42-13-16-60-18-20-62-21-19-61-17-15-45-39(57)29-9-7-28(8-10-29)24-49-50-32(52)6-4-2-1-3-5-22-64(23-12-30(43)41(58)59)25-31-35(55)36(56)40(63-31)51-27-48-34-37(44-14-11-33(53)54)46-26-47-38(34)51/h7-10,24,26-27,30-31,35-36,40,55-56H,1-2,4,6,11-23,25,42-43H2,(H4-,44,45,46,47,50,52,53,54,57,58,59)/p+1. The maximum absolute atomic E-state index is 12.4. The Morgan fingerprint density at radius 1 is 0.938 bits per heavy atom. The number of benzene rings is 1. The molecule has 64 heavy (non-hydrogen) atoms. The average Bonchev–Trinajstić information content (AvgIpc) is 3.83. The summed E-state index contributed by atoms with van der Waals surface area (Å²) in [5.41, 5.74) is 15.4. The number of hydrazone groups is 1. The SMILES string of the molecule is NCCOCCOCCOCCNC(=O)c1ccc(/C=N\NC(=O)CCCCC#CC[S+](CCC(N)C(=O)O)CC2OC(n3cnc4c(NCCC(=O)O)ncnc43)C(O)C2O)cc1. The first-order valence-corrected chi connectivity index (χ1v) is 22.6. The van der Waals surface area contributed by atoms with E-state index in [1.807, 2.05) is 0 Å². The number of carbonyl (C=O) groups excluding carboxylic acids is 2. The Balaban J connectivity index is 1.16. The molecule has 6 unspecified atom stereocenters. The number of carbonyl (C=O) groups is 4. The number of nitrogens with zero attached hydrogens (tertiary/aromatic N) is 5. The number of carboxylic acid groups (broad SMARTS) is 2. The molecule has 0 saturated carbocycles. The van der Waals surface area contributed by atoms with Gasteiger partial charge in [-0.1, -0.05) is 18.1 Å². The van der Waals surface area contributed by atoms with Crippen molar-refractivity contribution < 1.29 is 58.6 Å². The van der Waals surface area contributed by atoms with Gasteiger partial charge in [0.05, 0.1) is 58.6 Å². The van der Waals surface area contributed by atoms with Crippen molar-refractivity contribution in [1.82, 2.24) is 30.3 Å². The highest BCUT2D eigenvalue weighted by Gasteiger charge is 2.47. The number of fused-ring (bicyclic) bond motifs is 1. The molecule has 6 atom stereocenters. The minimum Gasteiger partial charge on any atom is -0.481 e. The number of unbranched alkanes of at least 4 members (excludes halogenated alkanes) is 2. The van der Waals surface area contributed by atoms with Gasteiger partial charge in [0, 0.05) is 55.4 Å². The average molecular weight is 916 g/mol. The van der Waals surface area contributed by atoms with E-state index in [9.17, 15) is 34.5 Å². The number of hydrogen-bond donors (Lipinski definition) is 9. The number of imidazole rings is 1. The van der Waals surface area contributed by atoms with Crippen molar-refractivity contribution in [2.24, 2.45) is 16.6 Å². The van der Waals surface area contributed by atoms with E-state index in [1.54, 1.807) is 24.3 Å². The van der Waals surface area contributed by atoms with E-state index < -0.39 is 53.4 Å². The molecule has 1 aliphatic heterocycles. The number of hydrogen-bond acceptors (Lipinski definition) is 17. The molecule has 1 fully saturated rings. The van der Waals surface area contributed by atoms with E-state index in [2.05, 4.69) is 48.0 Å². The molecule has 1 aliphatic rings. The summed E-state index contributed by atoms with van der Waals surface area (Å²) in [7, 11) is -0.565. The van der Waals surface area contributed by atoms with Crippen LogP contribution in [0, 0.1) is 11.8 Å². The third kappa shape index (κ3) is 17.7. The van der Waals surface area contributed by atoms with E-state index in [0.717, 1.165) is 0 Å². The Morgan fingerprint density at radius 3 is 2.39 bits per heavy atom. The summed E-state index contributed by atoms with van der Waals surface area (Å²) in [6.45, 7) is 3.53. The summed E-state index contributed by atoms with van der Waals surface area (Å²) in [5.74, 6) is 5.02. The number of rotatable bonds is 30. The third-order valence-electron chi connectivity index (χ3n) is 9.51. The second-order valence-electron chi connectivity index (χ2n) is 14.4. The van der Waals surface area contributed by atoms with Crippen molar-refractivity contribution in [3.05, 3.63) is 48.0 Å². The minimum atomic E-state index is -1.35. The van der Waals surface area contributed by atoms with Crippen LogP contribution in [0.2, 0.25) is 0 Å². The Labute approximate surface area is 373 Å². The molecule has 3 aromatic rings. The lowest BCUT2D eigenvalue weighted by Gasteiger charge is -2.16. The van der Waals surface area contributed by atoms with Crippen molar-refractivity contribution in [1.29, 1.82) is 0 Å². The van der Waals surface area contributed by atoms with Crippen molar-refractivity contribution in [2.45, 2.75) is 69.1 Å². The van der Waals surface area contributed by atoms with Crippen molar-refractivity contribution >= 4 is 57.8 Å². The van der Waals surface area contributed by atoms with Crippen LogP contribution in [0.1, 0.15) is 60.7 Å². The van der Waals surface area contributed by atoms with E-state index >= 15 is 0 Å². The Bertz CT molecular complexity index is 2010. The molecule has 3 heterocycles. The van der Waals surface area contributed by atoms with Gasteiger partial charge in [0.1, 0.15) is 42.2 Å². The number of aliphatic hydroxyl groups is 2. The molecule has 2 aromatic heterocycles. The fourth-order valence-corrected chi connectivity index (χ4v) is 8.14. The van der Waals surface area contributed by atoms with E-state index in [1.165, 1.54) is 23.4 Å². The van der Waals surface area contributed by atoms with Crippen molar-refractivity contribution in [2.75, 3.05) is 81.9 Å². The maximum atomic E-state index is 12.4. The molecule has 0 aliphatic carbocycles. The number of aromatic nitrogens is 4. The lowest BCUT2D eigenvalue weighted by molar-refractivity contribution is -0.139. The third-order valence-corrected chi connectivity index (χ3v) is 11.7. The van der Waals surface area contributed by atoms with Gasteiger partial charge < -0.3 is 61.5 Å². The van der Waals surface area contributed by atoms with Crippen LogP contribution in [0.15, 0.2) is 42.0 Å². The smallest absolute Gasteiger partial charge is 0.320 e. The predicted molar refractivity (Wildman–Crippen MR) is 236 cm³/mol. The largest absolute Gasteiger partial charge is 0.481 e. The van der Waals surface area contributed by atoms with Crippen molar-refractivity contribution in [3.8, 4) is 11.8 Å². The van der Waals surface area contributed by atoms with Gasteiger partial charge in [-0.05, 0) is 36.5 Å². The fraction of sp³-hybridized carbons (Fsp3) is 0.561. The second-order valence-corrected chi connectivity index (χ2v) is 16.6. The molecular formula is C41H59N10O12S+. The number of aliphatic hydroxyl groups excluding tert-OH is 2. The number of nitrogens with two attached hydrogens (primary N) is 2. The highest BCUT2D eigenvalue weighted by Crippen LogP contribution is 2.33. The van der Waals surface area contributed by atoms with Gasteiger partial charge in [-0.15, -0.1) is 0 Å². The number of anilines is 1. The van der Waals surface area contributed by atoms with Gasteiger partial charge in [-0.3, -0.25) is 23.7 Å². The lowest BCUT2D eigenvalue weighted by atomic mass is 10.1. The van der Waals surface area contributed by atoms with Gasteiger partial charge in [-0.2, -0.15) is 5.10 Å². The highest BCUT2D eigenvalue weighted by atomic mass is 32.2. The van der Waals surface area contributed by atoms with Gasteiger partial charge >= 0.3 is 11.9 Å². The molecule has 2 amide bonds. The Hall–Kier alpha value is -5.29. The van der Waals surface area contributed by atoms with Crippen LogP contribution in [0.5, 0.6) is 0 Å². The molecule has 11 N–H and O–H groups in total. The first kappa shape index (κ1) is 51.3. The van der Waals surface area contributed by atoms with Crippen LogP contribution in [-0.4, -0.2) is 171 Å². The summed E-state index contributed by atoms with van der Waals surface area (Å²) in [4.78, 5) is 59.9. The summed E-state index contributed by atoms with van der Waals surface area (Å²) in [5, 5.41) is 50.1. The highest BCUT2D eigenvalue weighted by molar-refractivity contribution is 7.97. The first-order chi connectivity index (χ1) is 31.0. The zero-order valence-corrected chi connectivity index (χ0v) is 36.3. The predicted octanol–water partition coefficient (Wildman–Crippen LogP) is -0.795. The van der Waals surface area contributed by atoms with Crippen LogP contribution >= 0.6 is 0 Å². The minimum absolute atomic E-state index is 0.107. The van der Waals surface area contributed by atoms with Crippen LogP contribution in [-0.2, 0) is 44.2 Å². The molecule has 22 nitrogen and oxygen atoms in total. The number of ether oxygens (including phenoxy) is 4. The zero-order chi connectivity index (χ0) is 46.1.